The predicted octanol–water partition coefficient (Wildman–Crippen LogP) is 5.64. The van der Waals surface area contributed by atoms with Crippen LogP contribution in [0.3, 0.4) is 0 Å². The molecule has 0 spiro atoms. The van der Waals surface area contributed by atoms with Crippen molar-refractivity contribution in [3.05, 3.63) is 169 Å². The van der Waals surface area contributed by atoms with Crippen molar-refractivity contribution in [2.75, 3.05) is 6.61 Å². The molecular formula is C39H37BN2OSi. The van der Waals surface area contributed by atoms with Crippen LogP contribution in [0.15, 0.2) is 158 Å². The van der Waals surface area contributed by atoms with Crippen LogP contribution in [0.25, 0.3) is 11.5 Å². The molecule has 5 heteroatoms. The quantitative estimate of drug-likeness (QED) is 0.105. The van der Waals surface area contributed by atoms with Gasteiger partial charge >= 0.3 is 0 Å². The second kappa shape index (κ2) is 14.1. The van der Waals surface area contributed by atoms with Crippen molar-refractivity contribution in [2.24, 2.45) is 0 Å². The minimum absolute atomic E-state index is 0.705. The topological polar surface area (TPSA) is 27.1 Å². The number of imidazole rings is 1. The van der Waals surface area contributed by atoms with Crippen molar-refractivity contribution >= 4 is 48.2 Å². The van der Waals surface area contributed by atoms with E-state index in [1.165, 1.54) is 32.2 Å². The van der Waals surface area contributed by atoms with Crippen molar-refractivity contribution in [1.82, 2.24) is 9.55 Å². The Morgan fingerprint density at radius 3 is 1.95 bits per heavy atom. The fraction of sp³-hybridized carbons (Fsp3) is 0.103. The Hall–Kier alpha value is -4.87. The third-order valence-corrected chi connectivity index (χ3v) is 12.9. The van der Waals surface area contributed by atoms with Gasteiger partial charge in [0.1, 0.15) is 5.75 Å². The highest BCUT2D eigenvalue weighted by molar-refractivity contribution is 7.10. The Labute approximate surface area is 262 Å². The summed E-state index contributed by atoms with van der Waals surface area (Å²) >= 11 is 0. The molecule has 44 heavy (non-hydrogen) atoms. The van der Waals surface area contributed by atoms with E-state index in [2.05, 4.69) is 169 Å². The molecule has 6 rings (SSSR count). The number of hydrogen-bond acceptors (Lipinski definition) is 2. The van der Waals surface area contributed by atoms with E-state index < -0.39 is 8.07 Å². The molecule has 0 bridgehead atoms. The first-order valence-corrected chi connectivity index (χ1v) is 17.6. The van der Waals surface area contributed by atoms with Gasteiger partial charge in [-0.05, 0) is 45.2 Å². The Bertz CT molecular complexity index is 1750. The van der Waals surface area contributed by atoms with Crippen LogP contribution in [0, 0.1) is 0 Å². The Morgan fingerprint density at radius 1 is 0.727 bits per heavy atom. The monoisotopic (exact) mass is 588 g/mol. The van der Waals surface area contributed by atoms with Crippen molar-refractivity contribution < 1.29 is 4.74 Å². The van der Waals surface area contributed by atoms with Gasteiger partial charge in [0.05, 0.1) is 12.3 Å². The van der Waals surface area contributed by atoms with Crippen molar-refractivity contribution in [3.8, 4) is 5.75 Å². The lowest BCUT2D eigenvalue weighted by atomic mass is 9.65. The fourth-order valence-corrected chi connectivity index (χ4v) is 10.6. The summed E-state index contributed by atoms with van der Waals surface area (Å²) in [6.45, 7) is 2.85. The molecule has 0 saturated carbocycles. The molecule has 3 nitrogen and oxygen atoms in total. The van der Waals surface area contributed by atoms with Gasteiger partial charge in [-0.1, -0.05) is 152 Å². The van der Waals surface area contributed by atoms with E-state index in [4.69, 9.17) is 9.72 Å². The van der Waals surface area contributed by atoms with Crippen LogP contribution >= 0.6 is 0 Å². The lowest BCUT2D eigenvalue weighted by Gasteiger charge is -2.35. The molecule has 1 aromatic heterocycles. The first-order chi connectivity index (χ1) is 21.8. The maximum atomic E-state index is 6.18. The van der Waals surface area contributed by atoms with Crippen LogP contribution in [-0.4, -0.2) is 31.5 Å². The van der Waals surface area contributed by atoms with Gasteiger partial charge in [-0.2, -0.15) is 0 Å². The number of aromatic nitrogens is 2. The first kappa shape index (κ1) is 29.2. The SMILES string of the molecule is CCCOc1cccc([Si](Cn2ccnc2BC(=Cc2ccccc2)c2ccccc2)(c2ccccc2)c2ccccc2)c1. The second-order valence-corrected chi connectivity index (χ2v) is 15.0. The van der Waals surface area contributed by atoms with E-state index in [1.807, 2.05) is 6.20 Å². The van der Waals surface area contributed by atoms with Crippen molar-refractivity contribution in [1.29, 1.82) is 0 Å². The van der Waals surface area contributed by atoms with E-state index in [9.17, 15) is 0 Å². The highest BCUT2D eigenvalue weighted by Gasteiger charge is 2.40. The van der Waals surface area contributed by atoms with Gasteiger partial charge < -0.3 is 9.30 Å². The number of ether oxygens (including phenoxy) is 1. The number of rotatable bonds is 12. The Kier molecular flexibility index (Phi) is 9.34. The zero-order chi connectivity index (χ0) is 30.0. The molecule has 0 amide bonds. The maximum Gasteiger partial charge on any atom is 0.239 e. The average Bonchev–Trinajstić information content (AvgIpc) is 3.53. The first-order valence-electron chi connectivity index (χ1n) is 15.4. The average molecular weight is 589 g/mol. The van der Waals surface area contributed by atoms with Crippen LogP contribution in [-0.2, 0) is 6.17 Å². The largest absolute Gasteiger partial charge is 0.494 e. The van der Waals surface area contributed by atoms with Gasteiger partial charge in [-0.15, -0.1) is 0 Å². The molecule has 0 N–H and O–H groups in total. The molecule has 5 aromatic carbocycles. The van der Waals surface area contributed by atoms with Crippen LogP contribution < -0.4 is 26.0 Å². The molecular weight excluding hydrogens is 551 g/mol. The van der Waals surface area contributed by atoms with E-state index >= 15 is 0 Å². The highest BCUT2D eigenvalue weighted by atomic mass is 28.3. The van der Waals surface area contributed by atoms with E-state index in [-0.39, 0.29) is 0 Å². The lowest BCUT2D eigenvalue weighted by Crippen LogP contribution is -2.70. The molecule has 0 saturated heterocycles. The summed E-state index contributed by atoms with van der Waals surface area (Å²) in [5.41, 5.74) is 4.69. The molecule has 0 radical (unpaired) electrons. The van der Waals surface area contributed by atoms with Gasteiger partial charge in [0.25, 0.3) is 0 Å². The van der Waals surface area contributed by atoms with E-state index in [0.29, 0.717) is 6.61 Å². The molecule has 0 unspecified atom stereocenters. The van der Waals surface area contributed by atoms with Crippen LogP contribution in [0.4, 0.5) is 0 Å². The zero-order valence-corrected chi connectivity index (χ0v) is 26.2. The minimum Gasteiger partial charge on any atom is -0.494 e. The summed E-state index contributed by atoms with van der Waals surface area (Å²) in [5, 5.41) is 4.05. The van der Waals surface area contributed by atoms with E-state index in [0.717, 1.165) is 31.3 Å². The lowest BCUT2D eigenvalue weighted by molar-refractivity contribution is 0.317. The van der Waals surface area contributed by atoms with Gasteiger partial charge in [-0.3, -0.25) is 4.98 Å². The molecule has 0 aliphatic heterocycles. The summed E-state index contributed by atoms with van der Waals surface area (Å²) < 4.78 is 8.57. The molecule has 6 aromatic rings. The number of hydrogen-bond donors (Lipinski definition) is 0. The Balaban J connectivity index is 1.48. The minimum atomic E-state index is -2.61. The molecule has 0 aliphatic carbocycles. The summed E-state index contributed by atoms with van der Waals surface area (Å²) in [7, 11) is -1.89. The summed E-state index contributed by atoms with van der Waals surface area (Å²) in [5.74, 6) is 0.927. The standard InChI is InChI=1S/C39H37BN2OSi/c1-2-28-43-34-20-15-25-37(30-34)44(35-21-11-5-12-22-35,36-23-13-6-14-24-36)31-42-27-26-41-39(42)40-38(33-18-9-4-10-19-33)29-32-16-7-3-8-17-32/h3-27,29-30,40H,2,28,31H2,1H3. The molecule has 0 atom stereocenters. The van der Waals surface area contributed by atoms with Gasteiger partial charge in [0.15, 0.2) is 8.07 Å². The molecule has 1 heterocycles. The summed E-state index contributed by atoms with van der Waals surface area (Å²) in [4.78, 5) is 4.97. The maximum absolute atomic E-state index is 6.18. The van der Waals surface area contributed by atoms with Gasteiger partial charge in [0.2, 0.25) is 7.28 Å². The molecule has 0 aliphatic rings. The number of nitrogens with zero attached hydrogens (tertiary/aromatic N) is 2. The summed E-state index contributed by atoms with van der Waals surface area (Å²) in [6.07, 6.45) is 8.20. The Morgan fingerprint density at radius 2 is 1.32 bits per heavy atom. The predicted molar refractivity (Wildman–Crippen MR) is 190 cm³/mol. The smallest absolute Gasteiger partial charge is 0.239 e. The van der Waals surface area contributed by atoms with E-state index in [1.54, 1.807) is 0 Å². The van der Waals surface area contributed by atoms with Crippen molar-refractivity contribution in [2.45, 2.75) is 19.5 Å². The zero-order valence-electron chi connectivity index (χ0n) is 25.2. The van der Waals surface area contributed by atoms with Crippen LogP contribution in [0.5, 0.6) is 5.75 Å². The third kappa shape index (κ3) is 6.53. The fourth-order valence-electron chi connectivity index (χ4n) is 6.01. The highest BCUT2D eigenvalue weighted by Crippen LogP contribution is 2.19. The van der Waals surface area contributed by atoms with Crippen LogP contribution in [0.2, 0.25) is 0 Å². The normalized spacial score (nSPS) is 11.7. The third-order valence-electron chi connectivity index (χ3n) is 8.18. The number of benzene rings is 5. The van der Waals surface area contributed by atoms with Gasteiger partial charge in [0, 0.05) is 18.6 Å². The second-order valence-electron chi connectivity index (χ2n) is 11.1. The van der Waals surface area contributed by atoms with Gasteiger partial charge in [-0.25, -0.2) is 0 Å². The summed E-state index contributed by atoms with van der Waals surface area (Å²) in [6, 6.07) is 52.2. The molecule has 0 fully saturated rings. The van der Waals surface area contributed by atoms with Crippen LogP contribution in [0.1, 0.15) is 24.5 Å². The van der Waals surface area contributed by atoms with Crippen molar-refractivity contribution in [3.63, 3.8) is 0 Å². The molecule has 216 valence electrons.